The molecule has 0 radical (unpaired) electrons. The van der Waals surface area contributed by atoms with Crippen LogP contribution in [-0.2, 0) is 11.3 Å². The number of aromatic nitrogens is 2. The number of carbonyl (C=O) groups is 1. The van der Waals surface area contributed by atoms with Crippen molar-refractivity contribution >= 4 is 23.3 Å². The first-order chi connectivity index (χ1) is 8.75. The minimum atomic E-state index is -0.123. The van der Waals surface area contributed by atoms with Crippen molar-refractivity contribution in [3.8, 4) is 0 Å². The van der Waals surface area contributed by atoms with E-state index in [4.69, 9.17) is 16.3 Å². The minimum Gasteiger partial charge on any atom is -0.380 e. The number of hydrogen-bond donors (Lipinski definition) is 1. The van der Waals surface area contributed by atoms with E-state index in [2.05, 4.69) is 15.3 Å². The van der Waals surface area contributed by atoms with Gasteiger partial charge in [0.05, 0.1) is 18.8 Å². The molecule has 3 heterocycles. The van der Waals surface area contributed by atoms with Crippen molar-refractivity contribution in [3.05, 3.63) is 16.5 Å². The SMILES string of the molecule is O=C1NCc2nc(Cl)nc(N3CCCOCC3)c21. The van der Waals surface area contributed by atoms with Crippen molar-refractivity contribution in [2.75, 3.05) is 31.2 Å². The van der Waals surface area contributed by atoms with E-state index in [9.17, 15) is 4.79 Å². The Kier molecular flexibility index (Phi) is 3.05. The molecular formula is C11H13ClN4O2. The van der Waals surface area contributed by atoms with Crippen LogP contribution in [0.5, 0.6) is 0 Å². The normalized spacial score (nSPS) is 19.4. The highest BCUT2D eigenvalue weighted by atomic mass is 35.5. The Morgan fingerprint density at radius 3 is 3.06 bits per heavy atom. The quantitative estimate of drug-likeness (QED) is 0.756. The summed E-state index contributed by atoms with van der Waals surface area (Å²) >= 11 is 5.92. The second-order valence-corrected chi connectivity index (χ2v) is 4.61. The maximum absolute atomic E-state index is 11.8. The van der Waals surface area contributed by atoms with Crippen LogP contribution in [0.1, 0.15) is 22.5 Å². The first kappa shape index (κ1) is 11.7. The van der Waals surface area contributed by atoms with E-state index < -0.39 is 0 Å². The summed E-state index contributed by atoms with van der Waals surface area (Å²) in [5.41, 5.74) is 1.24. The molecule has 7 heteroatoms. The number of hydrogen-bond acceptors (Lipinski definition) is 5. The monoisotopic (exact) mass is 268 g/mol. The molecule has 0 aromatic carbocycles. The Morgan fingerprint density at radius 1 is 1.28 bits per heavy atom. The first-order valence-corrected chi connectivity index (χ1v) is 6.31. The molecule has 0 saturated carbocycles. The second-order valence-electron chi connectivity index (χ2n) is 4.27. The van der Waals surface area contributed by atoms with Gasteiger partial charge in [0, 0.05) is 19.7 Å². The maximum Gasteiger partial charge on any atom is 0.257 e. The molecule has 6 nitrogen and oxygen atoms in total. The van der Waals surface area contributed by atoms with Crippen LogP contribution >= 0.6 is 11.6 Å². The molecule has 96 valence electrons. The van der Waals surface area contributed by atoms with Gasteiger partial charge in [-0.2, -0.15) is 4.98 Å². The van der Waals surface area contributed by atoms with Crippen LogP contribution in [0.15, 0.2) is 0 Å². The molecule has 1 N–H and O–H groups in total. The number of anilines is 1. The van der Waals surface area contributed by atoms with Crippen LogP contribution < -0.4 is 10.2 Å². The zero-order valence-electron chi connectivity index (χ0n) is 9.78. The lowest BCUT2D eigenvalue weighted by Gasteiger charge is -2.22. The fourth-order valence-corrected chi connectivity index (χ4v) is 2.45. The summed E-state index contributed by atoms with van der Waals surface area (Å²) < 4.78 is 5.40. The van der Waals surface area contributed by atoms with Gasteiger partial charge in [-0.15, -0.1) is 0 Å². The smallest absolute Gasteiger partial charge is 0.257 e. The molecule has 0 bridgehead atoms. The van der Waals surface area contributed by atoms with Crippen LogP contribution in [0, 0.1) is 0 Å². The highest BCUT2D eigenvalue weighted by Crippen LogP contribution is 2.26. The number of amides is 1. The van der Waals surface area contributed by atoms with Gasteiger partial charge in [0.15, 0.2) is 0 Å². The number of halogens is 1. The molecular weight excluding hydrogens is 256 g/mol. The number of ether oxygens (including phenoxy) is 1. The highest BCUT2D eigenvalue weighted by Gasteiger charge is 2.29. The Balaban J connectivity index is 2.02. The lowest BCUT2D eigenvalue weighted by molar-refractivity contribution is 0.0966. The van der Waals surface area contributed by atoms with Crippen molar-refractivity contribution in [1.82, 2.24) is 15.3 Å². The van der Waals surface area contributed by atoms with E-state index >= 15 is 0 Å². The van der Waals surface area contributed by atoms with Gasteiger partial charge in [-0.05, 0) is 18.0 Å². The molecule has 2 aliphatic heterocycles. The van der Waals surface area contributed by atoms with Crippen molar-refractivity contribution in [3.63, 3.8) is 0 Å². The Labute approximate surface area is 109 Å². The topological polar surface area (TPSA) is 67.4 Å². The lowest BCUT2D eigenvalue weighted by atomic mass is 10.2. The van der Waals surface area contributed by atoms with E-state index in [1.807, 2.05) is 4.90 Å². The van der Waals surface area contributed by atoms with E-state index in [1.54, 1.807) is 0 Å². The largest absolute Gasteiger partial charge is 0.380 e. The number of nitrogens with one attached hydrogen (secondary N) is 1. The van der Waals surface area contributed by atoms with Gasteiger partial charge in [-0.3, -0.25) is 4.79 Å². The van der Waals surface area contributed by atoms with Crippen LogP contribution in [0.2, 0.25) is 5.28 Å². The zero-order valence-corrected chi connectivity index (χ0v) is 10.5. The molecule has 0 atom stereocenters. The molecule has 1 amide bonds. The van der Waals surface area contributed by atoms with Crippen molar-refractivity contribution in [2.45, 2.75) is 13.0 Å². The van der Waals surface area contributed by atoms with Gasteiger partial charge in [0.1, 0.15) is 11.4 Å². The standard InChI is InChI=1S/C11H13ClN4O2/c12-11-14-7-6-13-10(17)8(7)9(15-11)16-2-1-4-18-5-3-16/h1-6H2,(H,13,17). The first-order valence-electron chi connectivity index (χ1n) is 5.93. The molecule has 0 unspecified atom stereocenters. The number of fused-ring (bicyclic) bond motifs is 1. The average Bonchev–Trinajstić information content (AvgIpc) is 2.59. The van der Waals surface area contributed by atoms with E-state index in [0.717, 1.165) is 19.6 Å². The molecule has 18 heavy (non-hydrogen) atoms. The molecule has 3 rings (SSSR count). The highest BCUT2D eigenvalue weighted by molar-refractivity contribution is 6.28. The number of nitrogens with zero attached hydrogens (tertiary/aromatic N) is 3. The molecule has 1 aromatic rings. The summed E-state index contributed by atoms with van der Waals surface area (Å²) in [5.74, 6) is 0.507. The third kappa shape index (κ3) is 2.02. The fourth-order valence-electron chi connectivity index (χ4n) is 2.26. The van der Waals surface area contributed by atoms with Gasteiger partial charge in [0.25, 0.3) is 5.91 Å². The van der Waals surface area contributed by atoms with Gasteiger partial charge in [0.2, 0.25) is 5.28 Å². The van der Waals surface area contributed by atoms with E-state index in [0.29, 0.717) is 36.8 Å². The van der Waals surface area contributed by atoms with Crippen LogP contribution in [0.3, 0.4) is 0 Å². The molecule has 0 spiro atoms. The third-order valence-corrected chi connectivity index (χ3v) is 3.27. The summed E-state index contributed by atoms with van der Waals surface area (Å²) in [7, 11) is 0. The van der Waals surface area contributed by atoms with Crippen molar-refractivity contribution in [2.24, 2.45) is 0 Å². The summed E-state index contributed by atoms with van der Waals surface area (Å²) in [5, 5.41) is 2.93. The molecule has 0 aliphatic carbocycles. The van der Waals surface area contributed by atoms with Crippen LogP contribution in [-0.4, -0.2) is 42.2 Å². The fraction of sp³-hybridized carbons (Fsp3) is 0.545. The van der Waals surface area contributed by atoms with E-state index in [-0.39, 0.29) is 11.2 Å². The van der Waals surface area contributed by atoms with Gasteiger partial charge >= 0.3 is 0 Å². The van der Waals surface area contributed by atoms with Gasteiger partial charge in [-0.1, -0.05) is 0 Å². The Bertz CT molecular complexity index is 486. The van der Waals surface area contributed by atoms with Crippen molar-refractivity contribution in [1.29, 1.82) is 0 Å². The zero-order chi connectivity index (χ0) is 12.5. The van der Waals surface area contributed by atoms with Gasteiger partial charge < -0.3 is 15.0 Å². The summed E-state index contributed by atoms with van der Waals surface area (Å²) in [6.07, 6.45) is 0.915. The molecule has 1 aromatic heterocycles. The second kappa shape index (κ2) is 4.70. The predicted octanol–water partition coefficient (Wildman–Crippen LogP) is 0.600. The summed E-state index contributed by atoms with van der Waals surface area (Å²) in [4.78, 5) is 22.2. The lowest BCUT2D eigenvalue weighted by Crippen LogP contribution is -2.29. The number of carbonyl (C=O) groups excluding carboxylic acids is 1. The summed E-state index contributed by atoms with van der Waals surface area (Å²) in [6, 6.07) is 0. The predicted molar refractivity (Wildman–Crippen MR) is 65.9 cm³/mol. The Morgan fingerprint density at radius 2 is 2.17 bits per heavy atom. The maximum atomic E-state index is 11.8. The summed E-state index contributed by atoms with van der Waals surface area (Å²) in [6.45, 7) is 3.33. The van der Waals surface area contributed by atoms with Crippen molar-refractivity contribution < 1.29 is 9.53 Å². The molecule has 1 fully saturated rings. The average molecular weight is 269 g/mol. The van der Waals surface area contributed by atoms with E-state index in [1.165, 1.54) is 0 Å². The Hall–Kier alpha value is -1.40. The third-order valence-electron chi connectivity index (χ3n) is 3.10. The number of rotatable bonds is 1. The minimum absolute atomic E-state index is 0.123. The van der Waals surface area contributed by atoms with Crippen LogP contribution in [0.4, 0.5) is 5.82 Å². The molecule has 2 aliphatic rings. The van der Waals surface area contributed by atoms with Gasteiger partial charge in [-0.25, -0.2) is 4.98 Å². The van der Waals surface area contributed by atoms with Crippen LogP contribution in [0.25, 0.3) is 0 Å². The molecule has 1 saturated heterocycles.